The molecule has 1 aliphatic rings. The van der Waals surface area contributed by atoms with E-state index in [1.54, 1.807) is 12.1 Å². The third-order valence-corrected chi connectivity index (χ3v) is 4.73. The van der Waals surface area contributed by atoms with E-state index >= 15 is 0 Å². The minimum Gasteiger partial charge on any atom is -0.493 e. The third-order valence-electron chi connectivity index (χ3n) is 4.73. The number of aliphatic carboxylic acids is 1. The van der Waals surface area contributed by atoms with Crippen LogP contribution in [0.4, 0.5) is 0 Å². The largest absolute Gasteiger partial charge is 0.493 e. The molecule has 7 heteroatoms. The second-order valence-corrected chi connectivity index (χ2v) is 6.48. The Morgan fingerprint density at radius 2 is 1.75 bits per heavy atom. The standard InChI is InChI=1S/C21H23NO6/c1-26-17-11-15(20(23)22-10-6-9-16(22)21(24)25)12-18(27-2)19(17)28-13-14-7-4-3-5-8-14/h3-5,7-8,11-12,16H,6,9-10,13H2,1-2H3,(H,24,25)/t16-/m0/s1. The lowest BCUT2D eigenvalue weighted by Crippen LogP contribution is -2.40. The summed E-state index contributed by atoms with van der Waals surface area (Å²) < 4.78 is 16.7. The van der Waals surface area contributed by atoms with Crippen LogP contribution in [-0.2, 0) is 11.4 Å². The van der Waals surface area contributed by atoms with Gasteiger partial charge in [0.1, 0.15) is 12.6 Å². The molecule has 0 aliphatic carbocycles. The summed E-state index contributed by atoms with van der Waals surface area (Å²) in [7, 11) is 2.96. The van der Waals surface area contributed by atoms with E-state index in [1.165, 1.54) is 19.1 Å². The number of rotatable bonds is 7. The molecule has 1 aliphatic heterocycles. The first-order chi connectivity index (χ1) is 13.5. The normalized spacial score (nSPS) is 15.9. The van der Waals surface area contributed by atoms with Crippen LogP contribution >= 0.6 is 0 Å². The van der Waals surface area contributed by atoms with E-state index in [-0.39, 0.29) is 5.91 Å². The van der Waals surface area contributed by atoms with Crippen LogP contribution in [0.5, 0.6) is 17.2 Å². The van der Waals surface area contributed by atoms with Gasteiger partial charge >= 0.3 is 5.97 Å². The number of carbonyl (C=O) groups excluding carboxylic acids is 1. The summed E-state index contributed by atoms with van der Waals surface area (Å²) in [4.78, 5) is 25.7. The van der Waals surface area contributed by atoms with Crippen molar-refractivity contribution in [1.29, 1.82) is 0 Å². The molecule has 7 nitrogen and oxygen atoms in total. The zero-order valence-electron chi connectivity index (χ0n) is 15.9. The van der Waals surface area contributed by atoms with Gasteiger partial charge in [0, 0.05) is 12.1 Å². The van der Waals surface area contributed by atoms with E-state index in [0.29, 0.717) is 48.8 Å². The summed E-state index contributed by atoms with van der Waals surface area (Å²) in [6.07, 6.45) is 1.11. The Labute approximate surface area is 163 Å². The Bertz CT molecular complexity index is 826. The number of hydrogen-bond donors (Lipinski definition) is 1. The number of hydrogen-bond acceptors (Lipinski definition) is 5. The molecule has 1 fully saturated rings. The minimum atomic E-state index is -0.993. The number of carbonyl (C=O) groups is 2. The summed E-state index contributed by atoms with van der Waals surface area (Å²) in [5.41, 5.74) is 1.28. The van der Waals surface area contributed by atoms with Crippen molar-refractivity contribution < 1.29 is 28.9 Å². The molecule has 2 aromatic carbocycles. The van der Waals surface area contributed by atoms with Crippen LogP contribution in [0, 0.1) is 0 Å². The molecule has 1 N–H and O–H groups in total. The van der Waals surface area contributed by atoms with E-state index in [4.69, 9.17) is 14.2 Å². The van der Waals surface area contributed by atoms with E-state index in [2.05, 4.69) is 0 Å². The monoisotopic (exact) mass is 385 g/mol. The predicted molar refractivity (Wildman–Crippen MR) is 102 cm³/mol. The number of benzene rings is 2. The number of amides is 1. The van der Waals surface area contributed by atoms with Crippen molar-refractivity contribution in [2.45, 2.75) is 25.5 Å². The summed E-state index contributed by atoms with van der Waals surface area (Å²) in [6, 6.07) is 12.0. The maximum atomic E-state index is 12.9. The molecule has 0 bridgehead atoms. The van der Waals surface area contributed by atoms with Crippen LogP contribution in [-0.4, -0.2) is 48.7 Å². The number of likely N-dealkylation sites (tertiary alicyclic amines) is 1. The fourth-order valence-corrected chi connectivity index (χ4v) is 3.31. The highest BCUT2D eigenvalue weighted by atomic mass is 16.5. The Hall–Kier alpha value is -3.22. The number of carboxylic acids is 1. The van der Waals surface area contributed by atoms with E-state index in [1.807, 2.05) is 30.3 Å². The van der Waals surface area contributed by atoms with Crippen molar-refractivity contribution in [2.75, 3.05) is 20.8 Å². The van der Waals surface area contributed by atoms with Crippen LogP contribution in [0.25, 0.3) is 0 Å². The average Bonchev–Trinajstić information content (AvgIpc) is 3.22. The first kappa shape index (κ1) is 19.5. The molecule has 1 saturated heterocycles. The van der Waals surface area contributed by atoms with E-state index < -0.39 is 12.0 Å². The minimum absolute atomic E-state index is 0.300. The highest BCUT2D eigenvalue weighted by Crippen LogP contribution is 2.39. The van der Waals surface area contributed by atoms with Crippen molar-refractivity contribution >= 4 is 11.9 Å². The zero-order chi connectivity index (χ0) is 20.1. The first-order valence-electron chi connectivity index (χ1n) is 9.01. The van der Waals surface area contributed by atoms with Crippen LogP contribution in [0.2, 0.25) is 0 Å². The van der Waals surface area contributed by atoms with E-state index in [9.17, 15) is 14.7 Å². The molecule has 0 spiro atoms. The van der Waals surface area contributed by atoms with Crippen molar-refractivity contribution in [2.24, 2.45) is 0 Å². The van der Waals surface area contributed by atoms with Crippen molar-refractivity contribution in [3.05, 3.63) is 53.6 Å². The molecule has 0 unspecified atom stereocenters. The molecular formula is C21H23NO6. The van der Waals surface area contributed by atoms with Crippen LogP contribution in [0.1, 0.15) is 28.8 Å². The second kappa shape index (κ2) is 8.65. The molecule has 0 saturated carbocycles. The number of methoxy groups -OCH3 is 2. The predicted octanol–water partition coefficient (Wildman–Crippen LogP) is 2.97. The van der Waals surface area contributed by atoms with Gasteiger partial charge in [-0.25, -0.2) is 4.79 Å². The van der Waals surface area contributed by atoms with Crippen molar-refractivity contribution in [1.82, 2.24) is 4.90 Å². The third kappa shape index (κ3) is 4.03. The Kier molecular flexibility index (Phi) is 6.03. The highest BCUT2D eigenvalue weighted by Gasteiger charge is 2.35. The lowest BCUT2D eigenvalue weighted by Gasteiger charge is -2.22. The van der Waals surface area contributed by atoms with Gasteiger partial charge in [0.05, 0.1) is 14.2 Å². The molecule has 0 radical (unpaired) electrons. The summed E-state index contributed by atoms with van der Waals surface area (Å²) in [5, 5.41) is 9.34. The van der Waals surface area contributed by atoms with Gasteiger partial charge in [-0.2, -0.15) is 0 Å². The van der Waals surface area contributed by atoms with Gasteiger partial charge in [0.2, 0.25) is 5.75 Å². The van der Waals surface area contributed by atoms with Gasteiger partial charge in [-0.3, -0.25) is 4.79 Å². The Morgan fingerprint density at radius 3 is 2.32 bits per heavy atom. The van der Waals surface area contributed by atoms with Gasteiger partial charge in [0.25, 0.3) is 5.91 Å². The van der Waals surface area contributed by atoms with Crippen molar-refractivity contribution in [3.8, 4) is 17.2 Å². The highest BCUT2D eigenvalue weighted by molar-refractivity contribution is 5.98. The first-order valence-corrected chi connectivity index (χ1v) is 9.01. The molecule has 28 heavy (non-hydrogen) atoms. The summed E-state index contributed by atoms with van der Waals surface area (Å²) in [5.74, 6) is -0.264. The number of carboxylic acid groups (broad SMARTS) is 1. The molecule has 1 atom stereocenters. The summed E-state index contributed by atoms with van der Waals surface area (Å²) in [6.45, 7) is 0.723. The smallest absolute Gasteiger partial charge is 0.326 e. The fourth-order valence-electron chi connectivity index (χ4n) is 3.31. The Balaban J connectivity index is 1.88. The number of nitrogens with zero attached hydrogens (tertiary/aromatic N) is 1. The molecule has 2 aromatic rings. The second-order valence-electron chi connectivity index (χ2n) is 6.48. The molecule has 3 rings (SSSR count). The van der Waals surface area contributed by atoms with Crippen LogP contribution in [0.15, 0.2) is 42.5 Å². The fraction of sp³-hybridized carbons (Fsp3) is 0.333. The lowest BCUT2D eigenvalue weighted by atomic mass is 10.1. The summed E-state index contributed by atoms with van der Waals surface area (Å²) >= 11 is 0. The van der Waals surface area contributed by atoms with Crippen LogP contribution in [0.3, 0.4) is 0 Å². The lowest BCUT2D eigenvalue weighted by molar-refractivity contribution is -0.141. The maximum Gasteiger partial charge on any atom is 0.326 e. The van der Waals surface area contributed by atoms with Crippen LogP contribution < -0.4 is 14.2 Å². The number of ether oxygens (including phenoxy) is 3. The molecular weight excluding hydrogens is 362 g/mol. The molecule has 1 heterocycles. The average molecular weight is 385 g/mol. The molecule has 148 valence electrons. The van der Waals surface area contributed by atoms with Gasteiger partial charge < -0.3 is 24.2 Å². The van der Waals surface area contributed by atoms with Gasteiger partial charge in [-0.05, 0) is 30.5 Å². The quantitative estimate of drug-likeness (QED) is 0.789. The van der Waals surface area contributed by atoms with Gasteiger partial charge in [-0.1, -0.05) is 30.3 Å². The molecule has 1 amide bonds. The topological polar surface area (TPSA) is 85.3 Å². The van der Waals surface area contributed by atoms with Crippen molar-refractivity contribution in [3.63, 3.8) is 0 Å². The van der Waals surface area contributed by atoms with Gasteiger partial charge in [-0.15, -0.1) is 0 Å². The van der Waals surface area contributed by atoms with Gasteiger partial charge in [0.15, 0.2) is 11.5 Å². The zero-order valence-corrected chi connectivity index (χ0v) is 15.9. The van der Waals surface area contributed by atoms with E-state index in [0.717, 1.165) is 5.56 Å². The maximum absolute atomic E-state index is 12.9. The SMILES string of the molecule is COc1cc(C(=O)N2CCC[C@H]2C(=O)O)cc(OC)c1OCc1ccccc1. The molecule has 0 aromatic heterocycles. The Morgan fingerprint density at radius 1 is 1.11 bits per heavy atom.